The predicted molar refractivity (Wildman–Crippen MR) is 142 cm³/mol. The zero-order chi connectivity index (χ0) is 25.1. The number of thiocarbonyl (C=S) groups is 1. The molecule has 0 atom stereocenters. The topological polar surface area (TPSA) is 94.1 Å². The maximum absolute atomic E-state index is 13.3. The van der Waals surface area contributed by atoms with Gasteiger partial charge < -0.3 is 10.6 Å². The van der Waals surface area contributed by atoms with E-state index in [1.54, 1.807) is 60.7 Å². The van der Waals surface area contributed by atoms with E-state index in [9.17, 15) is 14.4 Å². The number of halogens is 3. The molecule has 3 aromatic carbocycles. The van der Waals surface area contributed by atoms with E-state index in [1.807, 2.05) is 0 Å². The van der Waals surface area contributed by atoms with E-state index < -0.39 is 18.1 Å². The minimum atomic E-state index is -0.829. The third-order valence-electron chi connectivity index (χ3n) is 4.68. The van der Waals surface area contributed by atoms with E-state index in [1.165, 1.54) is 12.1 Å². The third kappa shape index (κ3) is 5.60. The quantitative estimate of drug-likeness (QED) is 0.343. The second-order valence-corrected chi connectivity index (χ2v) is 8.74. The molecule has 0 unspecified atom stereocenters. The van der Waals surface area contributed by atoms with Crippen LogP contribution in [0.25, 0.3) is 0 Å². The number of imide groups is 1. The normalized spacial score (nSPS) is 14.4. The van der Waals surface area contributed by atoms with Gasteiger partial charge in [0, 0.05) is 26.4 Å². The Bertz CT molecular complexity index is 1350. The van der Waals surface area contributed by atoms with Crippen LogP contribution in [0.1, 0.15) is 0 Å². The van der Waals surface area contributed by atoms with Crippen LogP contribution in [0.15, 0.2) is 77.8 Å². The van der Waals surface area contributed by atoms with Gasteiger partial charge in [-0.1, -0.05) is 47.0 Å². The van der Waals surface area contributed by atoms with Crippen molar-refractivity contribution in [2.24, 2.45) is 4.99 Å². The number of anilines is 3. The van der Waals surface area contributed by atoms with Crippen molar-refractivity contribution >= 4 is 93.0 Å². The van der Waals surface area contributed by atoms with Crippen molar-refractivity contribution in [3.05, 3.63) is 87.9 Å². The molecule has 0 saturated carbocycles. The van der Waals surface area contributed by atoms with E-state index in [2.05, 4.69) is 15.6 Å². The number of rotatable bonds is 3. The first kappa shape index (κ1) is 24.6. The van der Waals surface area contributed by atoms with Gasteiger partial charge in [0.05, 0.1) is 5.69 Å². The first-order valence-electron chi connectivity index (χ1n) is 9.89. The Morgan fingerprint density at radius 1 is 0.743 bits per heavy atom. The van der Waals surface area contributed by atoms with E-state index in [0.29, 0.717) is 37.0 Å². The van der Waals surface area contributed by atoms with E-state index in [4.69, 9.17) is 47.0 Å². The molecule has 1 fully saturated rings. The highest BCUT2D eigenvalue weighted by Crippen LogP contribution is 2.27. The minimum Gasteiger partial charge on any atom is -0.307 e. The third-order valence-corrected chi connectivity index (χ3v) is 5.80. The van der Waals surface area contributed by atoms with Gasteiger partial charge in [0.25, 0.3) is 0 Å². The fourth-order valence-corrected chi connectivity index (χ4v) is 3.74. The van der Waals surface area contributed by atoms with Crippen molar-refractivity contribution in [2.45, 2.75) is 0 Å². The molecule has 8 nitrogen and oxygen atoms in total. The number of amidine groups is 1. The molecule has 0 bridgehead atoms. The zero-order valence-electron chi connectivity index (χ0n) is 17.5. The SMILES string of the molecule is O=C(/N=C1\C(=S)N(C(=O)Nc2ccc(Cl)cc2)C(=O)N1c1ccc(Cl)cc1)Nc1ccc(Cl)cc1. The molecule has 0 spiro atoms. The molecule has 0 radical (unpaired) electrons. The van der Waals surface area contributed by atoms with Gasteiger partial charge in [0.15, 0.2) is 10.8 Å². The fourth-order valence-electron chi connectivity index (χ4n) is 3.07. The van der Waals surface area contributed by atoms with Gasteiger partial charge in [-0.2, -0.15) is 9.89 Å². The summed E-state index contributed by atoms with van der Waals surface area (Å²) in [5.41, 5.74) is 1.12. The Balaban J connectivity index is 1.66. The van der Waals surface area contributed by atoms with Crippen molar-refractivity contribution in [2.75, 3.05) is 15.5 Å². The summed E-state index contributed by atoms with van der Waals surface area (Å²) in [6.45, 7) is 0. The number of aliphatic imine (C=N–C) groups is 1. The first-order valence-corrected chi connectivity index (χ1v) is 11.4. The van der Waals surface area contributed by atoms with Gasteiger partial charge in [-0.15, -0.1) is 0 Å². The molecule has 3 aromatic rings. The van der Waals surface area contributed by atoms with Crippen molar-refractivity contribution in [3.63, 3.8) is 0 Å². The molecule has 1 saturated heterocycles. The summed E-state index contributed by atoms with van der Waals surface area (Å²) < 4.78 is 0. The van der Waals surface area contributed by atoms with Crippen LogP contribution in [0.3, 0.4) is 0 Å². The lowest BCUT2D eigenvalue weighted by Crippen LogP contribution is -2.40. The number of amides is 6. The molecule has 2 N–H and O–H groups in total. The van der Waals surface area contributed by atoms with E-state index >= 15 is 0 Å². The van der Waals surface area contributed by atoms with Crippen LogP contribution < -0.4 is 15.5 Å². The van der Waals surface area contributed by atoms with Crippen LogP contribution in [0, 0.1) is 0 Å². The van der Waals surface area contributed by atoms with Crippen molar-refractivity contribution in [3.8, 4) is 0 Å². The molecule has 1 aliphatic heterocycles. The highest BCUT2D eigenvalue weighted by Gasteiger charge is 2.44. The lowest BCUT2D eigenvalue weighted by molar-refractivity contribution is 0.221. The lowest BCUT2D eigenvalue weighted by atomic mass is 10.3. The van der Waals surface area contributed by atoms with Crippen LogP contribution >= 0.6 is 47.0 Å². The number of hydrogen-bond acceptors (Lipinski definition) is 4. The number of carbonyl (C=O) groups excluding carboxylic acids is 3. The second kappa shape index (κ2) is 10.4. The Hall–Kier alpha value is -3.50. The van der Waals surface area contributed by atoms with Crippen molar-refractivity contribution in [1.82, 2.24) is 4.90 Å². The summed E-state index contributed by atoms with van der Waals surface area (Å²) >= 11 is 23.1. The van der Waals surface area contributed by atoms with Crippen molar-refractivity contribution < 1.29 is 14.4 Å². The largest absolute Gasteiger partial charge is 0.347 e. The number of nitrogens with zero attached hydrogens (tertiary/aromatic N) is 3. The summed E-state index contributed by atoms with van der Waals surface area (Å²) in [7, 11) is 0. The van der Waals surface area contributed by atoms with Crippen LogP contribution in [0.2, 0.25) is 15.1 Å². The molecule has 35 heavy (non-hydrogen) atoms. The Kier molecular flexibility index (Phi) is 7.32. The monoisotopic (exact) mass is 545 g/mol. The average Bonchev–Trinajstić information content (AvgIpc) is 3.06. The van der Waals surface area contributed by atoms with E-state index in [-0.39, 0.29) is 10.8 Å². The highest BCUT2D eigenvalue weighted by molar-refractivity contribution is 7.82. The maximum atomic E-state index is 13.3. The molecule has 12 heteroatoms. The molecule has 0 aliphatic carbocycles. The molecule has 6 amide bonds. The number of nitrogens with one attached hydrogen (secondary N) is 2. The number of carbonyl (C=O) groups is 3. The number of urea groups is 3. The van der Waals surface area contributed by atoms with Crippen molar-refractivity contribution in [1.29, 1.82) is 0 Å². The van der Waals surface area contributed by atoms with Gasteiger partial charge in [0.1, 0.15) is 0 Å². The summed E-state index contributed by atoms with van der Waals surface area (Å²) in [6, 6.07) is 16.4. The minimum absolute atomic E-state index is 0.204. The van der Waals surface area contributed by atoms with Crippen LogP contribution in [-0.4, -0.2) is 33.8 Å². The van der Waals surface area contributed by atoms with Crippen LogP contribution in [0.4, 0.5) is 31.4 Å². The smallest absolute Gasteiger partial charge is 0.307 e. The highest BCUT2D eigenvalue weighted by atomic mass is 35.5. The molecule has 176 valence electrons. The number of benzene rings is 3. The molecule has 0 aromatic heterocycles. The molecule has 4 rings (SSSR count). The van der Waals surface area contributed by atoms with Gasteiger partial charge >= 0.3 is 18.1 Å². The van der Waals surface area contributed by atoms with Crippen LogP contribution in [-0.2, 0) is 0 Å². The first-order chi connectivity index (χ1) is 16.7. The maximum Gasteiger partial charge on any atom is 0.347 e. The molecule has 1 heterocycles. The average molecular weight is 547 g/mol. The predicted octanol–water partition coefficient (Wildman–Crippen LogP) is 7.08. The lowest BCUT2D eigenvalue weighted by Gasteiger charge is -2.17. The summed E-state index contributed by atoms with van der Waals surface area (Å²) in [5, 5.41) is 6.54. The van der Waals surface area contributed by atoms with Gasteiger partial charge in [-0.3, -0.25) is 0 Å². The summed E-state index contributed by atoms with van der Waals surface area (Å²) in [4.78, 5) is 44.4. The Labute approximate surface area is 220 Å². The van der Waals surface area contributed by atoms with Crippen LogP contribution in [0.5, 0.6) is 0 Å². The fraction of sp³-hybridized carbons (Fsp3) is 0. The summed E-state index contributed by atoms with van der Waals surface area (Å²) in [5.74, 6) is -0.204. The van der Waals surface area contributed by atoms with E-state index in [0.717, 1.165) is 4.90 Å². The standard InChI is InChI=1S/C23H14Cl3N5O3S/c24-13-1-7-16(8-2-13)27-21(32)29-19-20(35)31(22(33)28-17-9-3-14(25)4-10-17)23(34)30(19)18-11-5-15(26)6-12-18/h1-12H,(H,27,32)(H,28,33)/b29-19+. The zero-order valence-corrected chi connectivity index (χ0v) is 20.6. The van der Waals surface area contributed by atoms with Gasteiger partial charge in [-0.05, 0) is 72.8 Å². The second-order valence-electron chi connectivity index (χ2n) is 7.04. The Morgan fingerprint density at radius 3 is 1.71 bits per heavy atom. The van der Waals surface area contributed by atoms with Gasteiger partial charge in [0.2, 0.25) is 0 Å². The van der Waals surface area contributed by atoms with Gasteiger partial charge in [-0.25, -0.2) is 19.3 Å². The Morgan fingerprint density at radius 2 is 1.20 bits per heavy atom. The molecular formula is C23H14Cl3N5O3S. The molecular weight excluding hydrogens is 533 g/mol. The molecule has 1 aliphatic rings. The number of hydrogen-bond donors (Lipinski definition) is 2. The summed E-state index contributed by atoms with van der Waals surface area (Å²) in [6.07, 6.45) is 0.